The van der Waals surface area contributed by atoms with Crippen LogP contribution in [0.4, 0.5) is 5.95 Å². The van der Waals surface area contributed by atoms with Gasteiger partial charge >= 0.3 is 6.01 Å². The monoisotopic (exact) mass is 299 g/mol. The quantitative estimate of drug-likeness (QED) is 0.884. The van der Waals surface area contributed by atoms with Crippen LogP contribution in [0.1, 0.15) is 24.8 Å². The summed E-state index contributed by atoms with van der Waals surface area (Å²) in [5.74, 6) is 0.679. The molecule has 0 fully saturated rings. The van der Waals surface area contributed by atoms with Crippen LogP contribution in [-0.2, 0) is 0 Å². The zero-order valence-corrected chi connectivity index (χ0v) is 12.2. The predicted molar refractivity (Wildman–Crippen MR) is 75.0 cm³/mol. The maximum atomic E-state index is 5.81. The Kier molecular flexibility index (Phi) is 4.86. The van der Waals surface area contributed by atoms with Crippen LogP contribution >= 0.6 is 22.9 Å². The fourth-order valence-corrected chi connectivity index (χ4v) is 2.27. The Morgan fingerprint density at radius 3 is 2.95 bits per heavy atom. The molecule has 8 heteroatoms. The van der Waals surface area contributed by atoms with E-state index in [4.69, 9.17) is 16.3 Å². The lowest BCUT2D eigenvalue weighted by Crippen LogP contribution is -2.13. The molecule has 1 unspecified atom stereocenters. The highest BCUT2D eigenvalue weighted by atomic mass is 35.5. The van der Waals surface area contributed by atoms with Gasteiger partial charge in [0.1, 0.15) is 0 Å². The van der Waals surface area contributed by atoms with Crippen LogP contribution in [0.25, 0.3) is 0 Å². The molecule has 2 aromatic rings. The normalized spacial score (nSPS) is 12.2. The van der Waals surface area contributed by atoms with Crippen molar-refractivity contribution in [3.05, 3.63) is 21.9 Å². The zero-order valence-electron chi connectivity index (χ0n) is 10.6. The molecule has 0 amide bonds. The average Bonchev–Trinajstić information content (AvgIpc) is 2.89. The topological polar surface area (TPSA) is 72.8 Å². The standard InChI is InChI=1S/C11H14ClN5OS/c1-3-18-11-16-9(12)15-10(17-11)14-6-7(2)8-13-4-5-19-8/h4-5,7H,3,6H2,1-2H3,(H,14,15,16,17). The summed E-state index contributed by atoms with van der Waals surface area (Å²) in [4.78, 5) is 16.3. The fraction of sp³-hybridized carbons (Fsp3) is 0.455. The molecule has 0 radical (unpaired) electrons. The van der Waals surface area contributed by atoms with Crippen molar-refractivity contribution in [2.75, 3.05) is 18.5 Å². The molecular weight excluding hydrogens is 286 g/mol. The van der Waals surface area contributed by atoms with Crippen molar-refractivity contribution in [2.45, 2.75) is 19.8 Å². The molecule has 2 rings (SSSR count). The first-order chi connectivity index (χ1) is 9.19. The van der Waals surface area contributed by atoms with Crippen molar-refractivity contribution < 1.29 is 4.74 Å². The molecule has 19 heavy (non-hydrogen) atoms. The molecule has 0 aliphatic carbocycles. The number of nitrogens with one attached hydrogen (secondary N) is 1. The second-order valence-corrected chi connectivity index (χ2v) is 5.06. The molecule has 2 heterocycles. The van der Waals surface area contributed by atoms with Crippen LogP contribution in [0.15, 0.2) is 11.6 Å². The smallest absolute Gasteiger partial charge is 0.322 e. The van der Waals surface area contributed by atoms with Crippen LogP contribution in [0.3, 0.4) is 0 Å². The van der Waals surface area contributed by atoms with Gasteiger partial charge in [0, 0.05) is 24.0 Å². The van der Waals surface area contributed by atoms with E-state index in [1.165, 1.54) is 0 Å². The maximum Gasteiger partial charge on any atom is 0.322 e. The summed E-state index contributed by atoms with van der Waals surface area (Å²) in [5, 5.41) is 6.25. The van der Waals surface area contributed by atoms with E-state index in [1.54, 1.807) is 17.5 Å². The Bertz CT molecular complexity index is 522. The van der Waals surface area contributed by atoms with Gasteiger partial charge in [0.05, 0.1) is 11.6 Å². The Balaban J connectivity index is 1.99. The SMILES string of the molecule is CCOc1nc(Cl)nc(NCC(C)c2nccs2)n1. The summed E-state index contributed by atoms with van der Waals surface area (Å²) in [5.41, 5.74) is 0. The van der Waals surface area contributed by atoms with E-state index in [0.29, 0.717) is 19.1 Å². The number of hydrogen-bond donors (Lipinski definition) is 1. The molecule has 0 spiro atoms. The molecule has 0 saturated heterocycles. The molecular formula is C11H14ClN5OS. The van der Waals surface area contributed by atoms with E-state index in [2.05, 4.69) is 32.2 Å². The zero-order chi connectivity index (χ0) is 13.7. The lowest BCUT2D eigenvalue weighted by atomic mass is 10.2. The molecule has 0 aliphatic heterocycles. The summed E-state index contributed by atoms with van der Waals surface area (Å²) in [6.07, 6.45) is 1.80. The van der Waals surface area contributed by atoms with Gasteiger partial charge in [0.15, 0.2) is 0 Å². The minimum Gasteiger partial charge on any atom is -0.464 e. The highest BCUT2D eigenvalue weighted by molar-refractivity contribution is 7.09. The number of rotatable bonds is 6. The van der Waals surface area contributed by atoms with Crippen LogP contribution in [-0.4, -0.2) is 33.1 Å². The highest BCUT2D eigenvalue weighted by Crippen LogP contribution is 2.18. The average molecular weight is 300 g/mol. The largest absolute Gasteiger partial charge is 0.464 e. The Labute approximate surface area is 120 Å². The van der Waals surface area contributed by atoms with Crippen LogP contribution in [0, 0.1) is 0 Å². The Morgan fingerprint density at radius 1 is 1.42 bits per heavy atom. The van der Waals surface area contributed by atoms with E-state index >= 15 is 0 Å². The number of halogens is 1. The first-order valence-corrected chi connectivity index (χ1v) is 7.12. The van der Waals surface area contributed by atoms with E-state index in [9.17, 15) is 0 Å². The van der Waals surface area contributed by atoms with Gasteiger partial charge in [0.2, 0.25) is 11.2 Å². The molecule has 0 aliphatic rings. The minimum atomic E-state index is 0.114. The molecule has 6 nitrogen and oxygen atoms in total. The van der Waals surface area contributed by atoms with Gasteiger partial charge in [-0.3, -0.25) is 0 Å². The third-order valence-electron chi connectivity index (χ3n) is 2.30. The lowest BCUT2D eigenvalue weighted by Gasteiger charge is -2.10. The highest BCUT2D eigenvalue weighted by Gasteiger charge is 2.10. The summed E-state index contributed by atoms with van der Waals surface area (Å²) < 4.78 is 5.21. The number of nitrogens with zero attached hydrogens (tertiary/aromatic N) is 4. The Hall–Kier alpha value is -1.47. The number of anilines is 1. The first kappa shape index (κ1) is 14.0. The summed E-state index contributed by atoms with van der Waals surface area (Å²) in [7, 11) is 0. The fourth-order valence-electron chi connectivity index (χ4n) is 1.41. The van der Waals surface area contributed by atoms with Crippen molar-refractivity contribution >= 4 is 28.9 Å². The van der Waals surface area contributed by atoms with Gasteiger partial charge in [-0.25, -0.2) is 4.98 Å². The molecule has 0 aromatic carbocycles. The minimum absolute atomic E-state index is 0.114. The first-order valence-electron chi connectivity index (χ1n) is 5.86. The van der Waals surface area contributed by atoms with E-state index in [0.717, 1.165) is 5.01 Å². The third kappa shape index (κ3) is 4.00. The second-order valence-electron chi connectivity index (χ2n) is 3.80. The van der Waals surface area contributed by atoms with Gasteiger partial charge < -0.3 is 10.1 Å². The van der Waals surface area contributed by atoms with Crippen molar-refractivity contribution in [1.29, 1.82) is 0 Å². The summed E-state index contributed by atoms with van der Waals surface area (Å²) in [6.45, 7) is 5.09. The van der Waals surface area contributed by atoms with Crippen molar-refractivity contribution in [3.8, 4) is 6.01 Å². The van der Waals surface area contributed by atoms with E-state index < -0.39 is 0 Å². The van der Waals surface area contributed by atoms with Crippen molar-refractivity contribution in [3.63, 3.8) is 0 Å². The van der Waals surface area contributed by atoms with Gasteiger partial charge in [-0.15, -0.1) is 11.3 Å². The number of aromatic nitrogens is 4. The van der Waals surface area contributed by atoms with Crippen LogP contribution in [0.2, 0.25) is 5.28 Å². The van der Waals surface area contributed by atoms with Crippen molar-refractivity contribution in [1.82, 2.24) is 19.9 Å². The van der Waals surface area contributed by atoms with Gasteiger partial charge in [-0.05, 0) is 18.5 Å². The number of thiazole rings is 1. The third-order valence-corrected chi connectivity index (χ3v) is 3.48. The molecule has 1 N–H and O–H groups in total. The molecule has 1 atom stereocenters. The molecule has 0 bridgehead atoms. The molecule has 0 saturated carbocycles. The van der Waals surface area contributed by atoms with Crippen molar-refractivity contribution in [2.24, 2.45) is 0 Å². The van der Waals surface area contributed by atoms with E-state index in [-0.39, 0.29) is 17.2 Å². The summed E-state index contributed by atoms with van der Waals surface area (Å²) >= 11 is 7.43. The maximum absolute atomic E-state index is 5.81. The van der Waals surface area contributed by atoms with Crippen LogP contribution in [0.5, 0.6) is 6.01 Å². The Morgan fingerprint density at radius 2 is 2.26 bits per heavy atom. The second kappa shape index (κ2) is 6.63. The van der Waals surface area contributed by atoms with Gasteiger partial charge in [-0.1, -0.05) is 6.92 Å². The van der Waals surface area contributed by atoms with E-state index in [1.807, 2.05) is 12.3 Å². The summed E-state index contributed by atoms with van der Waals surface area (Å²) in [6, 6.07) is 0.229. The number of hydrogen-bond acceptors (Lipinski definition) is 7. The number of ether oxygens (including phenoxy) is 1. The van der Waals surface area contributed by atoms with Gasteiger partial charge in [0.25, 0.3) is 0 Å². The molecule has 102 valence electrons. The van der Waals surface area contributed by atoms with Gasteiger partial charge in [-0.2, -0.15) is 15.0 Å². The predicted octanol–water partition coefficient (Wildman–Crippen LogP) is 2.60. The molecule has 2 aromatic heterocycles. The lowest BCUT2D eigenvalue weighted by molar-refractivity contribution is 0.312. The van der Waals surface area contributed by atoms with Crippen LogP contribution < -0.4 is 10.1 Å².